The van der Waals surface area contributed by atoms with Crippen molar-refractivity contribution < 1.29 is 0 Å². The molecule has 0 aromatic heterocycles. The van der Waals surface area contributed by atoms with Crippen LogP contribution < -0.4 is 0 Å². The average molecular weight is 190 g/mol. The van der Waals surface area contributed by atoms with E-state index in [0.717, 1.165) is 31.6 Å². The fourth-order valence-electron chi connectivity index (χ4n) is 0.570. The summed E-state index contributed by atoms with van der Waals surface area (Å²) in [4.78, 5) is -0.194. The predicted molar refractivity (Wildman–Crippen MR) is 44.7 cm³/mol. The molecule has 0 atom stereocenters. The topological polar surface area (TPSA) is 0 Å². The van der Waals surface area contributed by atoms with Crippen LogP contribution in [0.2, 0.25) is 0 Å². The zero-order chi connectivity index (χ0) is 7.11. The molecule has 0 amide bonds. The molecule has 3 heteroatoms. The lowest BCUT2D eigenvalue weighted by Crippen LogP contribution is -1.86. The standard InChI is InChI=1S/C6H11Cl3/c7-5-3-1-2-4-6(8)9/h6H,1-5H2. The largest absolute Gasteiger partial charge is 0.127 e. The summed E-state index contributed by atoms with van der Waals surface area (Å²) < 4.78 is 0. The summed E-state index contributed by atoms with van der Waals surface area (Å²) in [6.45, 7) is 0. The SMILES string of the molecule is ClCCCCCC(Cl)Cl. The monoisotopic (exact) mass is 188 g/mol. The van der Waals surface area contributed by atoms with Crippen LogP contribution in [0.1, 0.15) is 25.7 Å². The molecular formula is C6H11Cl3. The van der Waals surface area contributed by atoms with Crippen molar-refractivity contribution >= 4 is 34.8 Å². The lowest BCUT2D eigenvalue weighted by Gasteiger charge is -1.97. The van der Waals surface area contributed by atoms with Crippen LogP contribution in [0.3, 0.4) is 0 Å². The normalized spacial score (nSPS) is 10.7. The highest BCUT2D eigenvalue weighted by Gasteiger charge is 1.96. The van der Waals surface area contributed by atoms with Gasteiger partial charge in [0.25, 0.3) is 0 Å². The van der Waals surface area contributed by atoms with Gasteiger partial charge >= 0.3 is 0 Å². The molecule has 0 bridgehead atoms. The number of alkyl halides is 3. The van der Waals surface area contributed by atoms with Crippen molar-refractivity contribution in [3.05, 3.63) is 0 Å². The maximum absolute atomic E-state index is 5.49. The molecule has 9 heavy (non-hydrogen) atoms. The van der Waals surface area contributed by atoms with Crippen molar-refractivity contribution in [1.82, 2.24) is 0 Å². The Morgan fingerprint density at radius 3 is 2.11 bits per heavy atom. The predicted octanol–water partition coefficient (Wildman–Crippen LogP) is 3.59. The third-order valence-electron chi connectivity index (χ3n) is 1.06. The van der Waals surface area contributed by atoms with E-state index in [2.05, 4.69) is 0 Å². The molecule has 56 valence electrons. The van der Waals surface area contributed by atoms with Crippen LogP contribution in [-0.2, 0) is 0 Å². The summed E-state index contributed by atoms with van der Waals surface area (Å²) in [5.74, 6) is 0.745. The first-order valence-electron chi connectivity index (χ1n) is 3.11. The molecule has 0 heterocycles. The molecule has 0 unspecified atom stereocenters. The maximum atomic E-state index is 5.49. The molecule has 0 fully saturated rings. The highest BCUT2D eigenvalue weighted by Crippen LogP contribution is 2.12. The number of unbranched alkanes of at least 4 members (excludes halogenated alkanes) is 2. The molecule has 0 saturated carbocycles. The van der Waals surface area contributed by atoms with Gasteiger partial charge in [-0.2, -0.15) is 0 Å². The zero-order valence-electron chi connectivity index (χ0n) is 5.25. The Hall–Kier alpha value is 0.870. The van der Waals surface area contributed by atoms with E-state index in [1.165, 1.54) is 0 Å². The van der Waals surface area contributed by atoms with Gasteiger partial charge in [0.05, 0.1) is 0 Å². The molecule has 0 saturated heterocycles. The minimum Gasteiger partial charge on any atom is -0.127 e. The van der Waals surface area contributed by atoms with E-state index in [1.54, 1.807) is 0 Å². The lowest BCUT2D eigenvalue weighted by molar-refractivity contribution is 0.695. The van der Waals surface area contributed by atoms with Crippen LogP contribution in [0, 0.1) is 0 Å². The highest BCUT2D eigenvalue weighted by atomic mass is 35.5. The van der Waals surface area contributed by atoms with Crippen molar-refractivity contribution in [2.75, 3.05) is 5.88 Å². The number of halogens is 3. The van der Waals surface area contributed by atoms with E-state index in [-0.39, 0.29) is 4.84 Å². The minimum absolute atomic E-state index is 0.194. The van der Waals surface area contributed by atoms with E-state index >= 15 is 0 Å². The molecule has 0 aromatic rings. The van der Waals surface area contributed by atoms with E-state index in [0.29, 0.717) is 0 Å². The summed E-state index contributed by atoms with van der Waals surface area (Å²) >= 11 is 16.4. The Bertz CT molecular complexity index is 54.3. The lowest BCUT2D eigenvalue weighted by atomic mass is 10.2. The fraction of sp³-hybridized carbons (Fsp3) is 1.00. The second kappa shape index (κ2) is 6.98. The van der Waals surface area contributed by atoms with Crippen LogP contribution in [0.4, 0.5) is 0 Å². The first kappa shape index (κ1) is 9.87. The summed E-state index contributed by atoms with van der Waals surface area (Å²) in [6, 6.07) is 0. The summed E-state index contributed by atoms with van der Waals surface area (Å²) in [5.41, 5.74) is 0. The van der Waals surface area contributed by atoms with Gasteiger partial charge in [0.15, 0.2) is 0 Å². The van der Waals surface area contributed by atoms with Gasteiger partial charge in [-0.25, -0.2) is 0 Å². The van der Waals surface area contributed by atoms with Gasteiger partial charge in [0.1, 0.15) is 4.84 Å². The van der Waals surface area contributed by atoms with Gasteiger partial charge in [0.2, 0.25) is 0 Å². The van der Waals surface area contributed by atoms with Crippen LogP contribution in [0.5, 0.6) is 0 Å². The third kappa shape index (κ3) is 8.87. The summed E-state index contributed by atoms with van der Waals surface area (Å²) in [7, 11) is 0. The van der Waals surface area contributed by atoms with E-state index in [9.17, 15) is 0 Å². The van der Waals surface area contributed by atoms with Crippen LogP contribution in [0.25, 0.3) is 0 Å². The molecule has 0 aliphatic heterocycles. The van der Waals surface area contributed by atoms with Gasteiger partial charge in [0, 0.05) is 5.88 Å². The van der Waals surface area contributed by atoms with Gasteiger partial charge in [-0.15, -0.1) is 34.8 Å². The molecule has 0 aromatic carbocycles. The van der Waals surface area contributed by atoms with Crippen molar-refractivity contribution in [3.8, 4) is 0 Å². The van der Waals surface area contributed by atoms with Gasteiger partial charge in [-0.1, -0.05) is 12.8 Å². The Balaban J connectivity index is 2.75. The Morgan fingerprint density at radius 2 is 1.67 bits per heavy atom. The highest BCUT2D eigenvalue weighted by molar-refractivity contribution is 6.44. The van der Waals surface area contributed by atoms with Gasteiger partial charge < -0.3 is 0 Å². The smallest absolute Gasteiger partial charge is 0.107 e. The number of hydrogen-bond donors (Lipinski definition) is 0. The maximum Gasteiger partial charge on any atom is 0.107 e. The summed E-state index contributed by atoms with van der Waals surface area (Å²) in [5, 5.41) is 0. The molecule has 0 aliphatic carbocycles. The molecule has 0 aliphatic rings. The van der Waals surface area contributed by atoms with E-state index < -0.39 is 0 Å². The quantitative estimate of drug-likeness (QED) is 0.458. The summed E-state index contributed by atoms with van der Waals surface area (Å²) in [6.07, 6.45) is 4.19. The Kier molecular flexibility index (Phi) is 7.66. The minimum atomic E-state index is -0.194. The average Bonchev–Trinajstić information content (AvgIpc) is 1.80. The number of hydrogen-bond acceptors (Lipinski definition) is 0. The van der Waals surface area contributed by atoms with Crippen LogP contribution in [0.15, 0.2) is 0 Å². The third-order valence-corrected chi connectivity index (χ3v) is 1.76. The van der Waals surface area contributed by atoms with Crippen LogP contribution >= 0.6 is 34.8 Å². The molecule has 0 radical (unpaired) electrons. The van der Waals surface area contributed by atoms with Crippen LogP contribution in [-0.4, -0.2) is 10.7 Å². The molecule has 0 nitrogen and oxygen atoms in total. The molecular weight excluding hydrogens is 178 g/mol. The first-order valence-corrected chi connectivity index (χ1v) is 4.52. The Labute approximate surface area is 71.5 Å². The number of rotatable bonds is 5. The fourth-order valence-corrected chi connectivity index (χ4v) is 1.07. The van der Waals surface area contributed by atoms with Crippen molar-refractivity contribution in [3.63, 3.8) is 0 Å². The zero-order valence-corrected chi connectivity index (χ0v) is 7.51. The van der Waals surface area contributed by atoms with Gasteiger partial charge in [-0.05, 0) is 12.8 Å². The first-order chi connectivity index (χ1) is 4.27. The van der Waals surface area contributed by atoms with Crippen molar-refractivity contribution in [2.24, 2.45) is 0 Å². The molecule has 0 rings (SSSR count). The van der Waals surface area contributed by atoms with Crippen molar-refractivity contribution in [1.29, 1.82) is 0 Å². The second-order valence-electron chi connectivity index (χ2n) is 1.93. The van der Waals surface area contributed by atoms with E-state index in [1.807, 2.05) is 0 Å². The molecule has 0 N–H and O–H groups in total. The van der Waals surface area contributed by atoms with Gasteiger partial charge in [-0.3, -0.25) is 0 Å². The molecule has 0 spiro atoms. The van der Waals surface area contributed by atoms with Crippen molar-refractivity contribution in [2.45, 2.75) is 30.5 Å². The Morgan fingerprint density at radius 1 is 1.00 bits per heavy atom. The van der Waals surface area contributed by atoms with E-state index in [4.69, 9.17) is 34.8 Å². The second-order valence-corrected chi connectivity index (χ2v) is 3.58.